The van der Waals surface area contributed by atoms with Gasteiger partial charge in [0.25, 0.3) is 5.91 Å². The lowest BCUT2D eigenvalue weighted by Crippen LogP contribution is -2.48. The van der Waals surface area contributed by atoms with E-state index in [2.05, 4.69) is 17.0 Å². The lowest BCUT2D eigenvalue weighted by molar-refractivity contribution is -0.142. The summed E-state index contributed by atoms with van der Waals surface area (Å²) in [6, 6.07) is -0.513. The molecule has 1 saturated heterocycles. The second-order valence-electron chi connectivity index (χ2n) is 5.44. The van der Waals surface area contributed by atoms with E-state index in [0.717, 1.165) is 4.90 Å². The van der Waals surface area contributed by atoms with E-state index in [1.54, 1.807) is 0 Å². The zero-order valence-corrected chi connectivity index (χ0v) is 12.6. The molecular weight excluding hydrogens is 302 g/mol. The van der Waals surface area contributed by atoms with Gasteiger partial charge in [-0.25, -0.2) is 0 Å². The Morgan fingerprint density at radius 3 is 2.48 bits per heavy atom. The Hall–Kier alpha value is -2.56. The summed E-state index contributed by atoms with van der Waals surface area (Å²) < 4.78 is 0. The normalized spacial score (nSPS) is 19.2. The Bertz CT molecular complexity index is 588. The highest BCUT2D eigenvalue weighted by atomic mass is 16.3. The molecule has 0 aliphatic carbocycles. The molecule has 2 aliphatic heterocycles. The van der Waals surface area contributed by atoms with Crippen LogP contribution in [0.1, 0.15) is 38.5 Å². The van der Waals surface area contributed by atoms with Crippen LogP contribution < -0.4 is 0 Å². The Morgan fingerprint density at radius 1 is 1.13 bits per heavy atom. The standard InChI is InChI=1S/C15H17N3O5/c19-12(16-23)6-5-11(10-18-14(21)7-8-15(18)22)17-9-3-1-2-4-13(17)20/h11H,3-10H2. The average Bonchev–Trinajstić information content (AvgIpc) is 2.73. The van der Waals surface area contributed by atoms with Gasteiger partial charge in [-0.1, -0.05) is 5.92 Å². The minimum atomic E-state index is -0.812. The summed E-state index contributed by atoms with van der Waals surface area (Å²) in [6.45, 7) is 0.408. The Kier molecular flexibility index (Phi) is 5.57. The molecule has 0 aromatic carbocycles. The van der Waals surface area contributed by atoms with Crippen molar-refractivity contribution in [2.45, 2.75) is 44.6 Å². The smallest absolute Gasteiger partial charge is 0.286 e. The first-order chi connectivity index (χ1) is 11.0. The molecule has 0 radical (unpaired) electrons. The summed E-state index contributed by atoms with van der Waals surface area (Å²) >= 11 is 0. The van der Waals surface area contributed by atoms with E-state index in [0.29, 0.717) is 13.0 Å². The van der Waals surface area contributed by atoms with Crippen molar-refractivity contribution in [3.05, 3.63) is 4.91 Å². The van der Waals surface area contributed by atoms with Gasteiger partial charge in [-0.05, 0) is 6.42 Å². The van der Waals surface area contributed by atoms with Gasteiger partial charge in [-0.3, -0.25) is 24.1 Å². The zero-order valence-electron chi connectivity index (χ0n) is 12.6. The Labute approximate surface area is 133 Å². The van der Waals surface area contributed by atoms with Crippen molar-refractivity contribution < 1.29 is 19.2 Å². The molecule has 1 atom stereocenters. The van der Waals surface area contributed by atoms with Crippen molar-refractivity contribution in [1.82, 2.24) is 9.80 Å². The van der Waals surface area contributed by atoms with Crippen LogP contribution >= 0.6 is 0 Å². The van der Waals surface area contributed by atoms with Crippen LogP contribution in [0.3, 0.4) is 0 Å². The maximum absolute atomic E-state index is 12.2. The summed E-state index contributed by atoms with van der Waals surface area (Å²) in [4.78, 5) is 59.8. The highest BCUT2D eigenvalue weighted by Crippen LogP contribution is 2.18. The van der Waals surface area contributed by atoms with Crippen LogP contribution in [-0.2, 0) is 19.2 Å². The Morgan fingerprint density at radius 2 is 1.83 bits per heavy atom. The SMILES string of the molecule is O=NC(=O)CCC(CN1C(=O)CCC1=O)N1CCC#CCC1=O. The molecule has 0 N–H and O–H groups in total. The van der Waals surface area contributed by atoms with Gasteiger partial charge in [-0.15, -0.1) is 10.8 Å². The predicted molar refractivity (Wildman–Crippen MR) is 78.5 cm³/mol. The molecular formula is C15H17N3O5. The fraction of sp³-hybridized carbons (Fsp3) is 0.600. The summed E-state index contributed by atoms with van der Waals surface area (Å²) in [5, 5.41) is 2.34. The number of likely N-dealkylation sites (tertiary alicyclic amines) is 1. The quantitative estimate of drug-likeness (QED) is 0.395. The number of rotatable bonds is 6. The monoisotopic (exact) mass is 319 g/mol. The predicted octanol–water partition coefficient (Wildman–Crippen LogP) is 0.203. The van der Waals surface area contributed by atoms with Crippen molar-refractivity contribution in [3.8, 4) is 11.8 Å². The van der Waals surface area contributed by atoms with E-state index >= 15 is 0 Å². The molecule has 0 aromatic rings. The Balaban J connectivity index is 2.11. The molecule has 122 valence electrons. The van der Waals surface area contributed by atoms with Gasteiger partial charge in [-0.2, -0.15) is 0 Å². The average molecular weight is 319 g/mol. The molecule has 2 aliphatic rings. The summed E-state index contributed by atoms with van der Waals surface area (Å²) in [7, 11) is 0. The van der Waals surface area contributed by atoms with Crippen molar-refractivity contribution in [1.29, 1.82) is 0 Å². The topological polar surface area (TPSA) is 104 Å². The molecule has 2 heterocycles. The lowest BCUT2D eigenvalue weighted by Gasteiger charge is -2.32. The first-order valence-corrected chi connectivity index (χ1v) is 7.47. The van der Waals surface area contributed by atoms with E-state index in [9.17, 15) is 24.1 Å². The summed E-state index contributed by atoms with van der Waals surface area (Å²) in [5.74, 6) is 4.03. The molecule has 0 bridgehead atoms. The largest absolute Gasteiger partial charge is 0.336 e. The van der Waals surface area contributed by atoms with Crippen LogP contribution in [0, 0.1) is 16.7 Å². The van der Waals surface area contributed by atoms with Crippen molar-refractivity contribution in [2.24, 2.45) is 5.18 Å². The van der Waals surface area contributed by atoms with Crippen LogP contribution in [0.2, 0.25) is 0 Å². The fourth-order valence-electron chi connectivity index (χ4n) is 2.73. The number of nitrogens with zero attached hydrogens (tertiary/aromatic N) is 3. The third kappa shape index (κ3) is 4.22. The van der Waals surface area contributed by atoms with Crippen LogP contribution in [0.4, 0.5) is 0 Å². The fourth-order valence-corrected chi connectivity index (χ4v) is 2.73. The molecule has 0 aromatic heterocycles. The number of imide groups is 1. The first kappa shape index (κ1) is 16.8. The third-order valence-electron chi connectivity index (χ3n) is 3.94. The van der Waals surface area contributed by atoms with Crippen LogP contribution in [0.5, 0.6) is 0 Å². The first-order valence-electron chi connectivity index (χ1n) is 7.47. The van der Waals surface area contributed by atoms with Gasteiger partial charge in [0.05, 0.1) is 12.5 Å². The molecule has 0 saturated carbocycles. The number of hydrogen-bond acceptors (Lipinski definition) is 5. The van der Waals surface area contributed by atoms with Gasteiger partial charge in [0, 0.05) is 43.9 Å². The molecule has 8 heteroatoms. The number of amides is 4. The summed E-state index contributed by atoms with van der Waals surface area (Å²) in [5.41, 5.74) is 0. The molecule has 23 heavy (non-hydrogen) atoms. The molecule has 8 nitrogen and oxygen atoms in total. The minimum Gasteiger partial charge on any atom is -0.336 e. The maximum atomic E-state index is 12.2. The second kappa shape index (κ2) is 7.63. The summed E-state index contributed by atoms with van der Waals surface area (Å²) in [6.07, 6.45) is 0.930. The van der Waals surface area contributed by atoms with Crippen molar-refractivity contribution in [3.63, 3.8) is 0 Å². The van der Waals surface area contributed by atoms with E-state index in [-0.39, 0.29) is 56.4 Å². The molecule has 2 rings (SSSR count). The highest BCUT2D eigenvalue weighted by molar-refractivity contribution is 6.02. The van der Waals surface area contributed by atoms with Crippen LogP contribution in [-0.4, -0.2) is 52.6 Å². The molecule has 1 unspecified atom stereocenters. The van der Waals surface area contributed by atoms with Gasteiger partial charge < -0.3 is 4.90 Å². The maximum Gasteiger partial charge on any atom is 0.286 e. The lowest BCUT2D eigenvalue weighted by atomic mass is 10.1. The van der Waals surface area contributed by atoms with E-state index < -0.39 is 11.9 Å². The molecule has 0 spiro atoms. The van der Waals surface area contributed by atoms with Crippen LogP contribution in [0.15, 0.2) is 5.18 Å². The van der Waals surface area contributed by atoms with Gasteiger partial charge >= 0.3 is 0 Å². The van der Waals surface area contributed by atoms with Crippen molar-refractivity contribution >= 4 is 23.6 Å². The van der Waals surface area contributed by atoms with E-state index in [1.807, 2.05) is 0 Å². The van der Waals surface area contributed by atoms with Gasteiger partial charge in [0.2, 0.25) is 17.7 Å². The number of carbonyl (C=O) groups is 4. The van der Waals surface area contributed by atoms with Crippen molar-refractivity contribution in [2.75, 3.05) is 13.1 Å². The van der Waals surface area contributed by atoms with E-state index in [4.69, 9.17) is 0 Å². The zero-order chi connectivity index (χ0) is 16.8. The van der Waals surface area contributed by atoms with E-state index in [1.165, 1.54) is 4.90 Å². The number of nitroso groups, excluding NO2 is 1. The second-order valence-corrected chi connectivity index (χ2v) is 5.44. The molecule has 1 fully saturated rings. The number of carbonyl (C=O) groups excluding carboxylic acids is 4. The highest BCUT2D eigenvalue weighted by Gasteiger charge is 2.34. The number of hydrogen-bond donors (Lipinski definition) is 0. The van der Waals surface area contributed by atoms with Gasteiger partial charge in [0.1, 0.15) is 0 Å². The third-order valence-corrected chi connectivity index (χ3v) is 3.94. The van der Waals surface area contributed by atoms with Gasteiger partial charge in [0.15, 0.2) is 0 Å². The molecule has 4 amide bonds. The minimum absolute atomic E-state index is 0.0372. The van der Waals surface area contributed by atoms with Crippen LogP contribution in [0.25, 0.3) is 0 Å².